The molecule has 0 radical (unpaired) electrons. The van der Waals surface area contributed by atoms with E-state index in [0.717, 1.165) is 12.4 Å². The van der Waals surface area contributed by atoms with E-state index in [0.29, 0.717) is 24.9 Å². The second kappa shape index (κ2) is 13.2. The van der Waals surface area contributed by atoms with Gasteiger partial charge >= 0.3 is 5.97 Å². The summed E-state index contributed by atoms with van der Waals surface area (Å²) in [6.45, 7) is 10.8. The maximum absolute atomic E-state index is 11.4. The molecule has 0 aliphatic rings. The van der Waals surface area contributed by atoms with Gasteiger partial charge < -0.3 is 15.4 Å². The van der Waals surface area contributed by atoms with Crippen molar-refractivity contribution in [1.82, 2.24) is 10.6 Å². The van der Waals surface area contributed by atoms with E-state index < -0.39 is 0 Å². The molecule has 0 heterocycles. The molecule has 21 heavy (non-hydrogen) atoms. The lowest BCUT2D eigenvalue weighted by Crippen LogP contribution is -2.43. The van der Waals surface area contributed by atoms with E-state index in [4.69, 9.17) is 4.74 Å². The van der Waals surface area contributed by atoms with Crippen LogP contribution in [0.1, 0.15) is 53.9 Å². The van der Waals surface area contributed by atoms with Crippen LogP contribution in [0.25, 0.3) is 0 Å². The molecule has 5 nitrogen and oxygen atoms in total. The molecule has 1 atom stereocenters. The molecular weight excluding hydrogens is 381 g/mol. The predicted molar refractivity (Wildman–Crippen MR) is 99.3 cm³/mol. The summed E-state index contributed by atoms with van der Waals surface area (Å²) in [5.41, 5.74) is 0. The van der Waals surface area contributed by atoms with Gasteiger partial charge in [-0.15, -0.1) is 24.0 Å². The van der Waals surface area contributed by atoms with Crippen molar-refractivity contribution in [1.29, 1.82) is 0 Å². The van der Waals surface area contributed by atoms with Crippen LogP contribution in [0.5, 0.6) is 0 Å². The molecule has 0 aliphatic carbocycles. The molecular formula is C15H32IN3O2. The summed E-state index contributed by atoms with van der Waals surface area (Å²) < 4.78 is 5.07. The maximum atomic E-state index is 11.4. The highest BCUT2D eigenvalue weighted by Gasteiger charge is 2.08. The number of guanidine groups is 1. The SMILES string of the molecule is CN=C(NCCC(=O)OC(C)C)NC(C)CCC(C)C.I. The molecule has 0 aliphatic heterocycles. The molecule has 2 N–H and O–H groups in total. The highest BCUT2D eigenvalue weighted by molar-refractivity contribution is 14.0. The molecule has 126 valence electrons. The summed E-state index contributed by atoms with van der Waals surface area (Å²) in [5.74, 6) is 1.26. The number of carbonyl (C=O) groups excluding carboxylic acids is 1. The van der Waals surface area contributed by atoms with Gasteiger partial charge in [0.25, 0.3) is 0 Å². The Morgan fingerprint density at radius 3 is 2.24 bits per heavy atom. The van der Waals surface area contributed by atoms with Gasteiger partial charge in [0.2, 0.25) is 0 Å². The first kappa shape index (κ1) is 22.7. The van der Waals surface area contributed by atoms with Gasteiger partial charge in [0.1, 0.15) is 0 Å². The molecule has 0 amide bonds. The van der Waals surface area contributed by atoms with Crippen LogP contribution in [0.4, 0.5) is 0 Å². The van der Waals surface area contributed by atoms with Crippen molar-refractivity contribution in [3.63, 3.8) is 0 Å². The molecule has 0 spiro atoms. The standard InChI is InChI=1S/C15H31N3O2.HI/c1-11(2)7-8-13(5)18-15(16-6)17-10-9-14(19)20-12(3)4;/h11-13H,7-10H2,1-6H3,(H2,16,17,18);1H. The van der Waals surface area contributed by atoms with Crippen LogP contribution in [0.15, 0.2) is 4.99 Å². The first-order chi connectivity index (χ1) is 9.35. The van der Waals surface area contributed by atoms with Gasteiger partial charge in [-0.05, 0) is 39.5 Å². The second-order valence-electron chi connectivity index (χ2n) is 5.80. The average Bonchev–Trinajstić information content (AvgIpc) is 2.34. The quantitative estimate of drug-likeness (QED) is 0.278. The minimum absolute atomic E-state index is 0. The molecule has 6 heteroatoms. The van der Waals surface area contributed by atoms with E-state index in [1.807, 2.05) is 13.8 Å². The summed E-state index contributed by atoms with van der Waals surface area (Å²) in [5, 5.41) is 6.45. The normalized spacial score (nSPS) is 12.9. The number of nitrogens with one attached hydrogen (secondary N) is 2. The lowest BCUT2D eigenvalue weighted by atomic mass is 10.0. The van der Waals surface area contributed by atoms with Crippen molar-refractivity contribution in [2.45, 2.75) is 66.0 Å². The molecule has 0 bridgehead atoms. The van der Waals surface area contributed by atoms with Gasteiger partial charge in [-0.2, -0.15) is 0 Å². The number of rotatable bonds is 8. The predicted octanol–water partition coefficient (Wildman–Crippen LogP) is 2.94. The molecule has 0 saturated carbocycles. The Kier molecular flexibility index (Phi) is 14.2. The minimum Gasteiger partial charge on any atom is -0.463 e. The maximum Gasteiger partial charge on any atom is 0.307 e. The highest BCUT2D eigenvalue weighted by Crippen LogP contribution is 2.06. The van der Waals surface area contributed by atoms with Gasteiger partial charge in [-0.1, -0.05) is 13.8 Å². The minimum atomic E-state index is -0.184. The van der Waals surface area contributed by atoms with Gasteiger partial charge in [0.15, 0.2) is 5.96 Å². The molecule has 1 unspecified atom stereocenters. The topological polar surface area (TPSA) is 62.7 Å². The van der Waals surface area contributed by atoms with Gasteiger partial charge in [0.05, 0.1) is 12.5 Å². The monoisotopic (exact) mass is 413 g/mol. The van der Waals surface area contributed by atoms with Crippen molar-refractivity contribution in [2.24, 2.45) is 10.9 Å². The van der Waals surface area contributed by atoms with Crippen molar-refractivity contribution >= 4 is 35.9 Å². The van der Waals surface area contributed by atoms with Gasteiger partial charge in [-0.25, -0.2) is 0 Å². The van der Waals surface area contributed by atoms with Crippen molar-refractivity contribution in [2.75, 3.05) is 13.6 Å². The van der Waals surface area contributed by atoms with Crippen molar-refractivity contribution in [3.8, 4) is 0 Å². The Balaban J connectivity index is 0. The Hall–Kier alpha value is -0.530. The fourth-order valence-corrected chi connectivity index (χ4v) is 1.69. The molecule has 0 aromatic heterocycles. The third kappa shape index (κ3) is 14.2. The Morgan fingerprint density at radius 2 is 1.76 bits per heavy atom. The number of nitrogens with zero attached hydrogens (tertiary/aromatic N) is 1. The fourth-order valence-electron chi connectivity index (χ4n) is 1.69. The number of halogens is 1. The van der Waals surface area contributed by atoms with E-state index in [2.05, 4.69) is 36.4 Å². The summed E-state index contributed by atoms with van der Waals surface area (Å²) in [6, 6.07) is 0.367. The number of esters is 1. The number of hydrogen-bond acceptors (Lipinski definition) is 3. The van der Waals surface area contributed by atoms with E-state index in [9.17, 15) is 4.79 Å². The van der Waals surface area contributed by atoms with E-state index >= 15 is 0 Å². The smallest absolute Gasteiger partial charge is 0.307 e. The van der Waals surface area contributed by atoms with Crippen molar-refractivity contribution in [3.05, 3.63) is 0 Å². The van der Waals surface area contributed by atoms with E-state index in [-0.39, 0.29) is 36.0 Å². The zero-order valence-electron chi connectivity index (χ0n) is 14.2. The van der Waals surface area contributed by atoms with Crippen LogP contribution in [0.3, 0.4) is 0 Å². The third-order valence-electron chi connectivity index (χ3n) is 2.77. The number of aliphatic imine (C=N–C) groups is 1. The largest absolute Gasteiger partial charge is 0.463 e. The van der Waals surface area contributed by atoms with Crippen LogP contribution in [-0.2, 0) is 9.53 Å². The molecule has 0 rings (SSSR count). The zero-order chi connectivity index (χ0) is 15.5. The lowest BCUT2D eigenvalue weighted by molar-refractivity contribution is -0.147. The summed E-state index contributed by atoms with van der Waals surface area (Å²) >= 11 is 0. The summed E-state index contributed by atoms with van der Waals surface area (Å²) in [6.07, 6.45) is 2.58. The van der Waals surface area contributed by atoms with Crippen LogP contribution in [0, 0.1) is 5.92 Å². The van der Waals surface area contributed by atoms with Crippen LogP contribution < -0.4 is 10.6 Å². The first-order valence-corrected chi connectivity index (χ1v) is 7.51. The van der Waals surface area contributed by atoms with E-state index in [1.54, 1.807) is 7.05 Å². The average molecular weight is 413 g/mol. The molecule has 0 saturated heterocycles. The number of ether oxygens (including phenoxy) is 1. The van der Waals surface area contributed by atoms with Crippen LogP contribution >= 0.6 is 24.0 Å². The Labute approximate surface area is 146 Å². The highest BCUT2D eigenvalue weighted by atomic mass is 127. The van der Waals surface area contributed by atoms with Crippen molar-refractivity contribution < 1.29 is 9.53 Å². The fraction of sp³-hybridized carbons (Fsp3) is 0.867. The molecule has 0 aromatic carbocycles. The Bertz CT molecular complexity index is 307. The van der Waals surface area contributed by atoms with Crippen LogP contribution in [0.2, 0.25) is 0 Å². The zero-order valence-corrected chi connectivity index (χ0v) is 16.6. The second-order valence-corrected chi connectivity index (χ2v) is 5.80. The summed E-state index contributed by atoms with van der Waals surface area (Å²) in [4.78, 5) is 15.6. The van der Waals surface area contributed by atoms with E-state index in [1.165, 1.54) is 6.42 Å². The van der Waals surface area contributed by atoms with Gasteiger partial charge in [0, 0.05) is 19.6 Å². The van der Waals surface area contributed by atoms with Crippen LogP contribution in [-0.4, -0.2) is 37.7 Å². The lowest BCUT2D eigenvalue weighted by Gasteiger charge is -2.18. The summed E-state index contributed by atoms with van der Waals surface area (Å²) in [7, 11) is 1.73. The first-order valence-electron chi connectivity index (χ1n) is 7.51. The van der Waals surface area contributed by atoms with Gasteiger partial charge in [-0.3, -0.25) is 9.79 Å². The molecule has 0 aromatic rings. The Morgan fingerprint density at radius 1 is 1.14 bits per heavy atom. The number of carbonyl (C=O) groups is 1. The third-order valence-corrected chi connectivity index (χ3v) is 2.77. The number of hydrogen-bond donors (Lipinski definition) is 2. The molecule has 0 fully saturated rings.